The molecule has 1 aromatic carbocycles. The third kappa shape index (κ3) is 4.74. The van der Waals surface area contributed by atoms with Crippen molar-refractivity contribution in [3.63, 3.8) is 0 Å². The Hall–Kier alpha value is -2.93. The van der Waals surface area contributed by atoms with Gasteiger partial charge < -0.3 is 14.6 Å². The standard InChI is InChI=1S/C22H23N3O3S/c1-15-23-20(14-29-15)17-4-2-16(3-5-17)12-21(26)24-19-6-9-25(10-7-19)22(27)18-8-11-28-13-18/h2-5,8,11,13-14,19H,6-7,9-10,12H2,1H3,(H,24,26). The van der Waals surface area contributed by atoms with Gasteiger partial charge in [-0.05, 0) is 31.4 Å². The molecule has 1 aliphatic rings. The van der Waals surface area contributed by atoms with Crippen LogP contribution >= 0.6 is 11.3 Å². The van der Waals surface area contributed by atoms with Crippen molar-refractivity contribution >= 4 is 23.2 Å². The molecule has 0 saturated carbocycles. The summed E-state index contributed by atoms with van der Waals surface area (Å²) in [6, 6.07) is 9.77. The Labute approximate surface area is 173 Å². The Bertz CT molecular complexity index is 971. The fourth-order valence-electron chi connectivity index (χ4n) is 3.55. The van der Waals surface area contributed by atoms with Crippen molar-refractivity contribution in [2.75, 3.05) is 13.1 Å². The fourth-order valence-corrected chi connectivity index (χ4v) is 4.17. The zero-order valence-electron chi connectivity index (χ0n) is 16.3. The predicted molar refractivity (Wildman–Crippen MR) is 112 cm³/mol. The number of likely N-dealkylation sites (tertiary alicyclic amines) is 1. The van der Waals surface area contributed by atoms with E-state index < -0.39 is 0 Å². The van der Waals surface area contributed by atoms with Crippen molar-refractivity contribution in [3.05, 3.63) is 64.4 Å². The molecule has 0 spiro atoms. The molecule has 2 amide bonds. The van der Waals surface area contributed by atoms with Gasteiger partial charge in [0, 0.05) is 30.1 Å². The number of hydrogen-bond donors (Lipinski definition) is 1. The lowest BCUT2D eigenvalue weighted by molar-refractivity contribution is -0.121. The van der Waals surface area contributed by atoms with Gasteiger partial charge in [0.15, 0.2) is 0 Å². The number of rotatable bonds is 5. The lowest BCUT2D eigenvalue weighted by atomic mass is 10.0. The van der Waals surface area contributed by atoms with Crippen molar-refractivity contribution in [2.45, 2.75) is 32.2 Å². The molecular formula is C22H23N3O3S. The van der Waals surface area contributed by atoms with Crippen molar-refractivity contribution in [3.8, 4) is 11.3 Å². The molecule has 1 aliphatic heterocycles. The van der Waals surface area contributed by atoms with Gasteiger partial charge in [0.05, 0.1) is 28.9 Å². The fraction of sp³-hybridized carbons (Fsp3) is 0.318. The van der Waals surface area contributed by atoms with Crippen LogP contribution in [0.25, 0.3) is 11.3 Å². The first-order valence-corrected chi connectivity index (χ1v) is 10.6. The van der Waals surface area contributed by atoms with E-state index in [2.05, 4.69) is 10.3 Å². The van der Waals surface area contributed by atoms with Gasteiger partial charge >= 0.3 is 0 Å². The normalized spacial score (nSPS) is 14.7. The van der Waals surface area contributed by atoms with Crippen LogP contribution in [0.4, 0.5) is 0 Å². The summed E-state index contributed by atoms with van der Waals surface area (Å²) in [4.78, 5) is 31.1. The molecule has 0 atom stereocenters. The smallest absolute Gasteiger partial charge is 0.257 e. The number of amides is 2. The molecule has 7 heteroatoms. The zero-order chi connectivity index (χ0) is 20.2. The molecule has 29 heavy (non-hydrogen) atoms. The number of thiazole rings is 1. The Balaban J connectivity index is 1.25. The van der Waals surface area contributed by atoms with Gasteiger partial charge in [-0.2, -0.15) is 0 Å². The summed E-state index contributed by atoms with van der Waals surface area (Å²) >= 11 is 1.63. The maximum Gasteiger partial charge on any atom is 0.257 e. The Morgan fingerprint density at radius 2 is 1.97 bits per heavy atom. The van der Waals surface area contributed by atoms with E-state index in [4.69, 9.17) is 4.42 Å². The quantitative estimate of drug-likeness (QED) is 0.698. The molecule has 0 unspecified atom stereocenters. The predicted octanol–water partition coefficient (Wildman–Crippen LogP) is 3.68. The molecule has 0 aliphatic carbocycles. The summed E-state index contributed by atoms with van der Waals surface area (Å²) in [5.41, 5.74) is 3.59. The minimum Gasteiger partial charge on any atom is -0.472 e. The Morgan fingerprint density at radius 1 is 1.21 bits per heavy atom. The average molecular weight is 410 g/mol. The maximum absolute atomic E-state index is 12.4. The Kier molecular flexibility index (Phi) is 5.76. The van der Waals surface area contributed by atoms with Gasteiger partial charge in [-0.15, -0.1) is 11.3 Å². The maximum atomic E-state index is 12.4. The SMILES string of the molecule is Cc1nc(-c2ccc(CC(=O)NC3CCN(C(=O)c4ccoc4)CC3)cc2)cs1. The minimum absolute atomic E-state index is 0.0149. The van der Waals surface area contributed by atoms with Crippen LogP contribution in [0, 0.1) is 6.92 Å². The molecule has 1 saturated heterocycles. The van der Waals surface area contributed by atoms with Crippen molar-refractivity contribution < 1.29 is 14.0 Å². The number of carbonyl (C=O) groups is 2. The number of hydrogen-bond acceptors (Lipinski definition) is 5. The lowest BCUT2D eigenvalue weighted by Crippen LogP contribution is -2.46. The van der Waals surface area contributed by atoms with Crippen LogP contribution in [-0.2, 0) is 11.2 Å². The minimum atomic E-state index is -0.0149. The van der Waals surface area contributed by atoms with E-state index in [1.54, 1.807) is 17.4 Å². The summed E-state index contributed by atoms with van der Waals surface area (Å²) in [6.07, 6.45) is 4.85. The molecule has 0 bridgehead atoms. The molecule has 150 valence electrons. The van der Waals surface area contributed by atoms with E-state index in [0.29, 0.717) is 25.1 Å². The third-order valence-electron chi connectivity index (χ3n) is 5.15. The summed E-state index contributed by atoms with van der Waals surface area (Å²) in [7, 11) is 0. The second-order valence-electron chi connectivity index (χ2n) is 7.27. The molecule has 1 fully saturated rings. The first-order chi connectivity index (χ1) is 14.1. The highest BCUT2D eigenvalue weighted by Gasteiger charge is 2.25. The highest BCUT2D eigenvalue weighted by molar-refractivity contribution is 7.09. The molecule has 4 rings (SSSR count). The van der Waals surface area contributed by atoms with E-state index in [-0.39, 0.29) is 17.9 Å². The third-order valence-corrected chi connectivity index (χ3v) is 5.92. The molecule has 3 heterocycles. The van der Waals surface area contributed by atoms with Gasteiger partial charge in [-0.3, -0.25) is 9.59 Å². The summed E-state index contributed by atoms with van der Waals surface area (Å²) in [5.74, 6) is 0.000728. The number of piperidine rings is 1. The van der Waals surface area contributed by atoms with Crippen LogP contribution in [0.5, 0.6) is 0 Å². The first kappa shape index (κ1) is 19.4. The van der Waals surface area contributed by atoms with Crippen molar-refractivity contribution in [1.82, 2.24) is 15.2 Å². The van der Waals surface area contributed by atoms with Gasteiger partial charge in [-0.1, -0.05) is 24.3 Å². The van der Waals surface area contributed by atoms with Crippen molar-refractivity contribution in [1.29, 1.82) is 0 Å². The molecular weight excluding hydrogens is 386 g/mol. The molecule has 1 N–H and O–H groups in total. The topological polar surface area (TPSA) is 75.4 Å². The van der Waals surface area contributed by atoms with Crippen LogP contribution in [0.2, 0.25) is 0 Å². The van der Waals surface area contributed by atoms with E-state index in [0.717, 1.165) is 34.7 Å². The summed E-state index contributed by atoms with van der Waals surface area (Å²) in [5, 5.41) is 6.19. The summed E-state index contributed by atoms with van der Waals surface area (Å²) < 4.78 is 4.98. The zero-order valence-corrected chi connectivity index (χ0v) is 17.1. The lowest BCUT2D eigenvalue weighted by Gasteiger charge is -2.32. The number of nitrogens with one attached hydrogen (secondary N) is 1. The van der Waals surface area contributed by atoms with E-state index in [1.807, 2.05) is 41.5 Å². The molecule has 6 nitrogen and oxygen atoms in total. The van der Waals surface area contributed by atoms with E-state index >= 15 is 0 Å². The average Bonchev–Trinajstić information content (AvgIpc) is 3.41. The number of aromatic nitrogens is 1. The monoisotopic (exact) mass is 409 g/mol. The largest absolute Gasteiger partial charge is 0.472 e. The van der Waals surface area contributed by atoms with Crippen LogP contribution < -0.4 is 5.32 Å². The van der Waals surface area contributed by atoms with Gasteiger partial charge in [0.25, 0.3) is 5.91 Å². The van der Waals surface area contributed by atoms with Crippen LogP contribution in [-0.4, -0.2) is 40.8 Å². The van der Waals surface area contributed by atoms with Crippen molar-refractivity contribution in [2.24, 2.45) is 0 Å². The molecule has 3 aromatic rings. The number of furan rings is 1. The molecule has 0 radical (unpaired) electrons. The van der Waals surface area contributed by atoms with Crippen LogP contribution in [0.1, 0.15) is 33.8 Å². The second-order valence-corrected chi connectivity index (χ2v) is 8.33. The first-order valence-electron chi connectivity index (χ1n) is 9.71. The highest BCUT2D eigenvalue weighted by Crippen LogP contribution is 2.22. The second kappa shape index (κ2) is 8.61. The number of carbonyl (C=O) groups excluding carboxylic acids is 2. The van der Waals surface area contributed by atoms with E-state index in [9.17, 15) is 9.59 Å². The van der Waals surface area contributed by atoms with Crippen LogP contribution in [0.3, 0.4) is 0 Å². The Morgan fingerprint density at radius 3 is 2.59 bits per heavy atom. The number of benzene rings is 1. The van der Waals surface area contributed by atoms with Crippen LogP contribution in [0.15, 0.2) is 52.7 Å². The highest BCUT2D eigenvalue weighted by atomic mass is 32.1. The van der Waals surface area contributed by atoms with Gasteiger partial charge in [0.2, 0.25) is 5.91 Å². The number of aryl methyl sites for hydroxylation is 1. The molecule has 2 aromatic heterocycles. The van der Waals surface area contributed by atoms with Gasteiger partial charge in [-0.25, -0.2) is 4.98 Å². The number of nitrogens with zero attached hydrogens (tertiary/aromatic N) is 2. The van der Waals surface area contributed by atoms with E-state index in [1.165, 1.54) is 12.5 Å². The van der Waals surface area contributed by atoms with Gasteiger partial charge in [0.1, 0.15) is 6.26 Å². The summed E-state index contributed by atoms with van der Waals surface area (Å²) in [6.45, 7) is 3.26.